The van der Waals surface area contributed by atoms with Gasteiger partial charge in [0.1, 0.15) is 5.75 Å². The van der Waals surface area contributed by atoms with Gasteiger partial charge in [-0.15, -0.1) is 0 Å². The van der Waals surface area contributed by atoms with Crippen molar-refractivity contribution in [1.29, 1.82) is 0 Å². The third-order valence-electron chi connectivity index (χ3n) is 2.60. The third-order valence-corrected chi connectivity index (χ3v) is 3.14. The van der Waals surface area contributed by atoms with E-state index in [-0.39, 0.29) is 16.3 Å². The molecule has 1 N–H and O–H groups in total. The molecule has 2 nitrogen and oxygen atoms in total. The van der Waals surface area contributed by atoms with Crippen molar-refractivity contribution in [1.82, 2.24) is 0 Å². The molecule has 0 bridgehead atoms. The molecule has 0 saturated heterocycles. The van der Waals surface area contributed by atoms with E-state index in [1.165, 1.54) is 0 Å². The summed E-state index contributed by atoms with van der Waals surface area (Å²) in [6.45, 7) is 0. The molecule has 0 saturated carbocycles. The van der Waals surface area contributed by atoms with Crippen molar-refractivity contribution >= 4 is 29.5 Å². The molecule has 0 amide bonds. The van der Waals surface area contributed by atoms with E-state index in [0.717, 1.165) is 11.1 Å². The molecular weight excluding hydrogens is 271 g/mol. The molecule has 0 heterocycles. The number of aldehydes is 1. The van der Waals surface area contributed by atoms with Crippen LogP contribution in [0, 0.1) is 0 Å². The van der Waals surface area contributed by atoms with Crippen molar-refractivity contribution < 1.29 is 9.90 Å². The summed E-state index contributed by atoms with van der Waals surface area (Å²) in [5.74, 6) is -0.175. The largest absolute Gasteiger partial charge is 0.506 e. The third kappa shape index (κ3) is 2.84. The minimum Gasteiger partial charge on any atom is -0.506 e. The highest BCUT2D eigenvalue weighted by Crippen LogP contribution is 2.29. The Morgan fingerprint density at radius 2 is 1.72 bits per heavy atom. The summed E-state index contributed by atoms with van der Waals surface area (Å²) in [5, 5.41) is 10.4. The lowest BCUT2D eigenvalue weighted by molar-refractivity contribution is 0.112. The molecule has 4 heteroatoms. The van der Waals surface area contributed by atoms with Crippen LogP contribution in [0.3, 0.4) is 0 Å². The summed E-state index contributed by atoms with van der Waals surface area (Å²) >= 11 is 11.7. The first-order valence-corrected chi connectivity index (χ1v) is 6.07. The second kappa shape index (κ2) is 5.42. The van der Waals surface area contributed by atoms with Gasteiger partial charge in [-0.25, -0.2) is 0 Å². The Kier molecular flexibility index (Phi) is 3.90. The molecule has 0 radical (unpaired) electrons. The van der Waals surface area contributed by atoms with Crippen LogP contribution in [0.25, 0.3) is 0 Å². The van der Waals surface area contributed by atoms with Crippen LogP contribution in [-0.4, -0.2) is 11.4 Å². The fraction of sp³-hybridized carbons (Fsp3) is 0.0714. The molecule has 2 aromatic carbocycles. The van der Waals surface area contributed by atoms with Gasteiger partial charge in [0.15, 0.2) is 6.29 Å². The van der Waals surface area contributed by atoms with Crippen LogP contribution >= 0.6 is 23.2 Å². The lowest BCUT2D eigenvalue weighted by Crippen LogP contribution is -1.91. The van der Waals surface area contributed by atoms with Gasteiger partial charge in [-0.3, -0.25) is 4.79 Å². The van der Waals surface area contributed by atoms with Crippen molar-refractivity contribution in [3.05, 3.63) is 63.1 Å². The van der Waals surface area contributed by atoms with E-state index in [1.807, 2.05) is 12.1 Å². The molecule has 0 aliphatic carbocycles. The van der Waals surface area contributed by atoms with E-state index in [4.69, 9.17) is 23.2 Å². The average Bonchev–Trinajstić information content (AvgIpc) is 2.36. The minimum absolute atomic E-state index is 0.175. The number of phenolic OH excluding ortho intramolecular Hbond substituents is 1. The Bertz CT molecular complexity index is 577. The maximum atomic E-state index is 10.8. The molecular formula is C14H10Cl2O2. The number of aromatic hydroxyl groups is 1. The van der Waals surface area contributed by atoms with Crippen LogP contribution < -0.4 is 0 Å². The summed E-state index contributed by atoms with van der Waals surface area (Å²) in [4.78, 5) is 10.8. The van der Waals surface area contributed by atoms with Gasteiger partial charge in [0.05, 0.1) is 10.6 Å². The molecule has 92 valence electrons. The molecule has 0 aromatic heterocycles. The molecule has 18 heavy (non-hydrogen) atoms. The van der Waals surface area contributed by atoms with Crippen LogP contribution in [0.4, 0.5) is 0 Å². The summed E-state index contributed by atoms with van der Waals surface area (Å²) in [6.07, 6.45) is 1.21. The SMILES string of the molecule is O=Cc1cc(Cc2ccc(Cl)cc2)cc(Cl)c1O. The summed E-state index contributed by atoms with van der Waals surface area (Å²) in [6, 6.07) is 10.7. The Morgan fingerprint density at radius 1 is 1.06 bits per heavy atom. The lowest BCUT2D eigenvalue weighted by atomic mass is 10.0. The molecule has 2 rings (SSSR count). The average molecular weight is 281 g/mol. The number of rotatable bonds is 3. The first kappa shape index (κ1) is 12.9. The number of hydrogen-bond donors (Lipinski definition) is 1. The van der Waals surface area contributed by atoms with Crippen LogP contribution in [0.15, 0.2) is 36.4 Å². The smallest absolute Gasteiger partial charge is 0.153 e. The normalized spacial score (nSPS) is 10.3. The molecule has 0 atom stereocenters. The van der Waals surface area contributed by atoms with Crippen LogP contribution in [0.5, 0.6) is 5.75 Å². The van der Waals surface area contributed by atoms with Crippen LogP contribution in [0.2, 0.25) is 10.0 Å². The van der Waals surface area contributed by atoms with Gasteiger partial charge in [0, 0.05) is 5.02 Å². The van der Waals surface area contributed by atoms with E-state index in [1.54, 1.807) is 24.3 Å². The van der Waals surface area contributed by atoms with Gasteiger partial charge in [-0.2, -0.15) is 0 Å². The highest BCUT2D eigenvalue weighted by atomic mass is 35.5. The van der Waals surface area contributed by atoms with Gasteiger partial charge in [-0.05, 0) is 41.8 Å². The van der Waals surface area contributed by atoms with Crippen LogP contribution in [-0.2, 0) is 6.42 Å². The first-order valence-electron chi connectivity index (χ1n) is 5.31. The Morgan fingerprint density at radius 3 is 2.33 bits per heavy atom. The fourth-order valence-electron chi connectivity index (χ4n) is 1.71. The van der Waals surface area contributed by atoms with E-state index in [2.05, 4.69) is 0 Å². The highest BCUT2D eigenvalue weighted by Gasteiger charge is 2.08. The van der Waals surface area contributed by atoms with Crippen LogP contribution in [0.1, 0.15) is 21.5 Å². The maximum absolute atomic E-state index is 10.8. The standard InChI is InChI=1S/C14H10Cl2O2/c15-12-3-1-9(2-4-12)5-10-6-11(8-17)14(18)13(16)7-10/h1-4,6-8,18H,5H2. The first-order chi connectivity index (χ1) is 8.60. The van der Waals surface area contributed by atoms with Crippen molar-refractivity contribution in [3.8, 4) is 5.75 Å². The number of halogens is 2. The maximum Gasteiger partial charge on any atom is 0.153 e. The summed E-state index contributed by atoms with van der Waals surface area (Å²) in [7, 11) is 0. The minimum atomic E-state index is -0.175. The van der Waals surface area contributed by atoms with E-state index >= 15 is 0 Å². The van der Waals surface area contributed by atoms with Gasteiger partial charge in [0.25, 0.3) is 0 Å². The zero-order valence-corrected chi connectivity index (χ0v) is 10.9. The number of benzene rings is 2. The zero-order chi connectivity index (χ0) is 13.1. The number of carbonyl (C=O) groups is 1. The molecule has 0 spiro atoms. The highest BCUT2D eigenvalue weighted by molar-refractivity contribution is 6.32. The Labute approximate surface area is 115 Å². The van der Waals surface area contributed by atoms with Crippen molar-refractivity contribution in [3.63, 3.8) is 0 Å². The predicted molar refractivity (Wildman–Crippen MR) is 72.8 cm³/mol. The number of phenols is 1. The predicted octanol–water partition coefficient (Wildman–Crippen LogP) is 4.10. The zero-order valence-electron chi connectivity index (χ0n) is 9.36. The lowest BCUT2D eigenvalue weighted by Gasteiger charge is -2.06. The molecule has 0 unspecified atom stereocenters. The van der Waals surface area contributed by atoms with E-state index in [0.29, 0.717) is 17.7 Å². The topological polar surface area (TPSA) is 37.3 Å². The van der Waals surface area contributed by atoms with Crippen molar-refractivity contribution in [2.24, 2.45) is 0 Å². The fourth-order valence-corrected chi connectivity index (χ4v) is 2.08. The van der Waals surface area contributed by atoms with Gasteiger partial charge >= 0.3 is 0 Å². The van der Waals surface area contributed by atoms with Gasteiger partial charge < -0.3 is 5.11 Å². The summed E-state index contributed by atoms with van der Waals surface area (Å²) in [5.41, 5.74) is 2.12. The number of hydrogen-bond acceptors (Lipinski definition) is 2. The van der Waals surface area contributed by atoms with E-state index < -0.39 is 0 Å². The van der Waals surface area contributed by atoms with E-state index in [9.17, 15) is 9.90 Å². The van der Waals surface area contributed by atoms with Crippen molar-refractivity contribution in [2.75, 3.05) is 0 Å². The van der Waals surface area contributed by atoms with Gasteiger partial charge in [-0.1, -0.05) is 35.3 Å². The number of carbonyl (C=O) groups excluding carboxylic acids is 1. The molecule has 0 aliphatic rings. The second-order valence-corrected chi connectivity index (χ2v) is 4.78. The van der Waals surface area contributed by atoms with Crippen molar-refractivity contribution in [2.45, 2.75) is 6.42 Å². The second-order valence-electron chi connectivity index (χ2n) is 3.94. The molecule has 2 aromatic rings. The Balaban J connectivity index is 2.32. The Hall–Kier alpha value is -1.51. The quantitative estimate of drug-likeness (QED) is 0.860. The van der Waals surface area contributed by atoms with Gasteiger partial charge in [0.2, 0.25) is 0 Å². The molecule has 0 fully saturated rings. The molecule has 0 aliphatic heterocycles. The monoisotopic (exact) mass is 280 g/mol. The summed E-state index contributed by atoms with van der Waals surface area (Å²) < 4.78 is 0.